The van der Waals surface area contributed by atoms with Crippen LogP contribution < -0.4 is 26.1 Å². The molecule has 2 aromatic carbocycles. The number of hydrogen-bond donors (Lipinski definition) is 3. The first-order valence-electron chi connectivity index (χ1n) is 9.78. The summed E-state index contributed by atoms with van der Waals surface area (Å²) in [5, 5.41) is 15.6. The van der Waals surface area contributed by atoms with Crippen molar-refractivity contribution in [1.29, 1.82) is 0 Å². The minimum Gasteiger partial charge on any atom is -0.497 e. The Morgan fingerprint density at radius 1 is 1.12 bits per heavy atom. The third kappa shape index (κ3) is 5.91. The van der Waals surface area contributed by atoms with E-state index in [9.17, 15) is 4.79 Å². The second kappa shape index (κ2) is 11.0. The van der Waals surface area contributed by atoms with Gasteiger partial charge in [-0.25, -0.2) is 10.1 Å². The van der Waals surface area contributed by atoms with Gasteiger partial charge in [0.15, 0.2) is 0 Å². The Kier molecular flexibility index (Phi) is 7.92. The van der Waals surface area contributed by atoms with E-state index in [1.165, 1.54) is 4.68 Å². The molecule has 1 aromatic heterocycles. The van der Waals surface area contributed by atoms with Crippen molar-refractivity contribution in [3.8, 4) is 11.5 Å². The van der Waals surface area contributed by atoms with Crippen LogP contribution in [0, 0.1) is 0 Å². The van der Waals surface area contributed by atoms with E-state index in [2.05, 4.69) is 26.0 Å². The lowest BCUT2D eigenvalue weighted by atomic mass is 10.1. The van der Waals surface area contributed by atoms with E-state index in [-0.39, 0.29) is 17.6 Å². The molecule has 0 atom stereocenters. The standard InChI is InChI=1S/C21H25N7O3S/c1-4-18(14-8-6-5-7-9-14)24-25-20-26-27-21(28(20)22)32-13-19(29)23-15-10-16(30-2)12-17(11-15)31-3/h5-12H,4,13,22H2,1-3H3,(H,23,29)(H,25,26)/b24-18+. The highest BCUT2D eigenvalue weighted by atomic mass is 32.2. The molecule has 0 bridgehead atoms. The molecule has 0 spiro atoms. The van der Waals surface area contributed by atoms with Crippen LogP contribution in [0.1, 0.15) is 18.9 Å². The van der Waals surface area contributed by atoms with Crippen molar-refractivity contribution in [3.63, 3.8) is 0 Å². The van der Waals surface area contributed by atoms with Gasteiger partial charge in [0.05, 0.1) is 25.7 Å². The van der Waals surface area contributed by atoms with Gasteiger partial charge in [0.1, 0.15) is 11.5 Å². The lowest BCUT2D eigenvalue weighted by Crippen LogP contribution is -2.17. The molecular weight excluding hydrogens is 430 g/mol. The van der Waals surface area contributed by atoms with Crippen LogP contribution >= 0.6 is 11.8 Å². The third-order valence-corrected chi connectivity index (χ3v) is 5.31. The molecule has 0 saturated carbocycles. The van der Waals surface area contributed by atoms with Crippen molar-refractivity contribution in [1.82, 2.24) is 14.9 Å². The summed E-state index contributed by atoms with van der Waals surface area (Å²) in [6.07, 6.45) is 0.729. The monoisotopic (exact) mass is 455 g/mol. The summed E-state index contributed by atoms with van der Waals surface area (Å²) in [6.45, 7) is 2.01. The molecule has 0 aliphatic heterocycles. The Bertz CT molecular complexity index is 1060. The van der Waals surface area contributed by atoms with Crippen LogP contribution in [0.2, 0.25) is 0 Å². The fraction of sp³-hybridized carbons (Fsp3) is 0.238. The van der Waals surface area contributed by atoms with E-state index in [0.29, 0.717) is 22.3 Å². The van der Waals surface area contributed by atoms with E-state index in [1.807, 2.05) is 37.3 Å². The molecule has 0 aliphatic carbocycles. The maximum absolute atomic E-state index is 12.4. The number of nitrogens with one attached hydrogen (secondary N) is 2. The normalized spacial score (nSPS) is 11.2. The number of amides is 1. The van der Waals surface area contributed by atoms with Gasteiger partial charge < -0.3 is 20.6 Å². The number of carbonyl (C=O) groups excluding carboxylic acids is 1. The Morgan fingerprint density at radius 2 is 1.81 bits per heavy atom. The zero-order valence-corrected chi connectivity index (χ0v) is 18.8. The lowest BCUT2D eigenvalue weighted by molar-refractivity contribution is -0.113. The van der Waals surface area contributed by atoms with Crippen LogP contribution in [0.3, 0.4) is 0 Å². The number of carbonyl (C=O) groups is 1. The van der Waals surface area contributed by atoms with E-state index in [0.717, 1.165) is 29.5 Å². The van der Waals surface area contributed by atoms with Crippen LogP contribution in [0.5, 0.6) is 11.5 Å². The summed E-state index contributed by atoms with van der Waals surface area (Å²) in [6, 6.07) is 14.9. The highest BCUT2D eigenvalue weighted by Crippen LogP contribution is 2.26. The average Bonchev–Trinajstić information content (AvgIpc) is 3.17. The second-order valence-electron chi connectivity index (χ2n) is 6.50. The lowest BCUT2D eigenvalue weighted by Gasteiger charge is -2.09. The average molecular weight is 456 g/mol. The number of anilines is 2. The number of benzene rings is 2. The number of nitrogens with zero attached hydrogens (tertiary/aromatic N) is 4. The molecule has 1 amide bonds. The van der Waals surface area contributed by atoms with Crippen LogP contribution in [-0.2, 0) is 4.79 Å². The predicted octanol–water partition coefficient (Wildman–Crippen LogP) is 2.97. The molecule has 0 fully saturated rings. The number of ether oxygens (including phenoxy) is 2. The van der Waals surface area contributed by atoms with Gasteiger partial charge >= 0.3 is 0 Å². The number of aromatic nitrogens is 3. The zero-order chi connectivity index (χ0) is 22.9. The molecule has 0 unspecified atom stereocenters. The molecule has 0 radical (unpaired) electrons. The predicted molar refractivity (Wildman–Crippen MR) is 126 cm³/mol. The third-order valence-electron chi connectivity index (χ3n) is 4.36. The van der Waals surface area contributed by atoms with Crippen LogP contribution in [-0.4, -0.2) is 46.5 Å². The molecule has 0 aliphatic rings. The molecule has 3 rings (SSSR count). The van der Waals surface area contributed by atoms with Gasteiger partial charge in [-0.1, -0.05) is 49.0 Å². The molecule has 1 heterocycles. The van der Waals surface area contributed by atoms with Crippen LogP contribution in [0.15, 0.2) is 58.8 Å². The molecular formula is C21H25N7O3S. The summed E-state index contributed by atoms with van der Waals surface area (Å²) in [7, 11) is 3.09. The highest BCUT2D eigenvalue weighted by molar-refractivity contribution is 7.99. The van der Waals surface area contributed by atoms with Crippen molar-refractivity contribution >= 4 is 35.0 Å². The second-order valence-corrected chi connectivity index (χ2v) is 7.45. The Hall–Kier alpha value is -3.73. The summed E-state index contributed by atoms with van der Waals surface area (Å²) >= 11 is 1.15. The fourth-order valence-corrected chi connectivity index (χ4v) is 3.41. The summed E-state index contributed by atoms with van der Waals surface area (Å²) in [4.78, 5) is 12.4. The smallest absolute Gasteiger partial charge is 0.264 e. The first kappa shape index (κ1) is 22.9. The highest BCUT2D eigenvalue weighted by Gasteiger charge is 2.13. The quantitative estimate of drug-likeness (QED) is 0.184. The van der Waals surface area contributed by atoms with E-state index in [4.69, 9.17) is 15.3 Å². The van der Waals surface area contributed by atoms with Crippen molar-refractivity contribution in [2.45, 2.75) is 18.5 Å². The first-order valence-corrected chi connectivity index (χ1v) is 10.8. The zero-order valence-electron chi connectivity index (χ0n) is 18.0. The van der Waals surface area contributed by atoms with E-state index < -0.39 is 0 Å². The van der Waals surface area contributed by atoms with Crippen molar-refractivity contribution in [2.24, 2.45) is 5.10 Å². The van der Waals surface area contributed by atoms with Gasteiger partial charge in [0.25, 0.3) is 5.95 Å². The van der Waals surface area contributed by atoms with Gasteiger partial charge in [0.2, 0.25) is 11.1 Å². The minimum absolute atomic E-state index is 0.0857. The van der Waals surface area contributed by atoms with Gasteiger partial charge in [-0.15, -0.1) is 10.2 Å². The maximum atomic E-state index is 12.4. The largest absolute Gasteiger partial charge is 0.497 e. The topological polar surface area (TPSA) is 129 Å². The maximum Gasteiger partial charge on any atom is 0.264 e. The SMILES string of the molecule is CC/C(=N\Nc1nnc(SCC(=O)Nc2cc(OC)cc(OC)c2)n1N)c1ccccc1. The Morgan fingerprint density at radius 3 is 2.44 bits per heavy atom. The number of thioether (sulfide) groups is 1. The van der Waals surface area contributed by atoms with Crippen LogP contribution in [0.4, 0.5) is 11.6 Å². The first-order chi connectivity index (χ1) is 15.5. The number of nitrogens with two attached hydrogens (primary N) is 1. The number of rotatable bonds is 10. The van der Waals surface area contributed by atoms with Gasteiger partial charge in [-0.05, 0) is 12.0 Å². The van der Waals surface area contributed by atoms with Gasteiger partial charge in [0, 0.05) is 23.9 Å². The van der Waals surface area contributed by atoms with Gasteiger partial charge in [-0.3, -0.25) is 4.79 Å². The molecule has 10 nitrogen and oxygen atoms in total. The van der Waals surface area contributed by atoms with Gasteiger partial charge in [-0.2, -0.15) is 5.10 Å². The summed E-state index contributed by atoms with van der Waals surface area (Å²) in [5.74, 6) is 7.33. The summed E-state index contributed by atoms with van der Waals surface area (Å²) in [5.41, 5.74) is 5.27. The Balaban J connectivity index is 1.60. The number of hydrazone groups is 1. The molecule has 168 valence electrons. The number of hydrogen-bond acceptors (Lipinski definition) is 9. The van der Waals surface area contributed by atoms with E-state index >= 15 is 0 Å². The molecule has 0 saturated heterocycles. The van der Waals surface area contributed by atoms with E-state index in [1.54, 1.807) is 32.4 Å². The Labute approximate surface area is 190 Å². The summed E-state index contributed by atoms with van der Waals surface area (Å²) < 4.78 is 11.7. The van der Waals surface area contributed by atoms with Crippen molar-refractivity contribution < 1.29 is 14.3 Å². The fourth-order valence-electron chi connectivity index (χ4n) is 2.75. The van der Waals surface area contributed by atoms with Crippen molar-refractivity contribution in [2.75, 3.05) is 36.6 Å². The molecule has 11 heteroatoms. The molecule has 3 aromatic rings. The number of methoxy groups -OCH3 is 2. The van der Waals surface area contributed by atoms with Crippen LogP contribution in [0.25, 0.3) is 0 Å². The van der Waals surface area contributed by atoms with Crippen molar-refractivity contribution in [3.05, 3.63) is 54.1 Å². The number of nitrogen functional groups attached to an aromatic ring is 1. The minimum atomic E-state index is -0.238. The molecule has 32 heavy (non-hydrogen) atoms. The molecule has 4 N–H and O–H groups in total.